The molecule has 9 nitrogen and oxygen atoms in total. The number of nitrogens with zero attached hydrogens (tertiary/aromatic N) is 3. The van der Waals surface area contributed by atoms with Crippen LogP contribution in [0.15, 0.2) is 45.1 Å². The van der Waals surface area contributed by atoms with Crippen LogP contribution in [-0.2, 0) is 24.8 Å². The lowest BCUT2D eigenvalue weighted by atomic mass is 10.3. The van der Waals surface area contributed by atoms with Gasteiger partial charge in [0.15, 0.2) is 0 Å². The maximum absolute atomic E-state index is 12.5. The summed E-state index contributed by atoms with van der Waals surface area (Å²) >= 11 is 2.65. The van der Waals surface area contributed by atoms with E-state index in [0.717, 1.165) is 11.5 Å². The molecule has 0 spiro atoms. The molecule has 3 rings (SSSR count). The Morgan fingerprint density at radius 3 is 3.00 bits per heavy atom. The van der Waals surface area contributed by atoms with Crippen molar-refractivity contribution < 1.29 is 28.4 Å². The minimum atomic E-state index is -0.518. The van der Waals surface area contributed by atoms with Crippen LogP contribution < -0.4 is 0 Å². The first kappa shape index (κ1) is 22.9. The van der Waals surface area contributed by atoms with Crippen LogP contribution in [0.4, 0.5) is 0 Å². The van der Waals surface area contributed by atoms with Gasteiger partial charge in [-0.25, -0.2) is 14.6 Å². The van der Waals surface area contributed by atoms with Gasteiger partial charge < -0.3 is 18.9 Å². The van der Waals surface area contributed by atoms with E-state index >= 15 is 0 Å². The number of rotatable bonds is 9. The van der Waals surface area contributed by atoms with E-state index in [1.54, 1.807) is 18.3 Å². The van der Waals surface area contributed by atoms with Gasteiger partial charge in [0.05, 0.1) is 41.8 Å². The molecule has 31 heavy (non-hydrogen) atoms. The predicted octanol–water partition coefficient (Wildman–Crippen LogP) is 2.81. The summed E-state index contributed by atoms with van der Waals surface area (Å²) in [4.78, 5) is 41.7. The van der Waals surface area contributed by atoms with Gasteiger partial charge in [0.25, 0.3) is 0 Å². The van der Waals surface area contributed by atoms with Gasteiger partial charge in [0.2, 0.25) is 5.91 Å². The lowest BCUT2D eigenvalue weighted by Gasteiger charge is -2.16. The molecule has 0 unspecified atom stereocenters. The zero-order chi connectivity index (χ0) is 22.2. The van der Waals surface area contributed by atoms with Crippen molar-refractivity contribution in [2.75, 3.05) is 26.0 Å². The third-order valence-electron chi connectivity index (χ3n) is 4.14. The summed E-state index contributed by atoms with van der Waals surface area (Å²) in [6.07, 6.45) is 3.33. The molecule has 0 N–H and O–H groups in total. The van der Waals surface area contributed by atoms with E-state index < -0.39 is 11.9 Å². The zero-order valence-corrected chi connectivity index (χ0v) is 18.7. The molecule has 0 atom stereocenters. The van der Waals surface area contributed by atoms with Gasteiger partial charge in [-0.1, -0.05) is 28.7 Å². The Hall–Kier alpha value is -2.79. The topological polar surface area (TPSA) is 112 Å². The third kappa shape index (κ3) is 6.34. The number of aryl methyl sites for hydroxylation is 1. The molecule has 0 saturated carbocycles. The van der Waals surface area contributed by atoms with Crippen LogP contribution in [0.2, 0.25) is 0 Å². The molecule has 2 aromatic rings. The molecule has 0 bridgehead atoms. The highest BCUT2D eigenvalue weighted by molar-refractivity contribution is 8.04. The van der Waals surface area contributed by atoms with Crippen LogP contribution in [0.3, 0.4) is 0 Å². The van der Waals surface area contributed by atoms with Gasteiger partial charge in [-0.2, -0.15) is 0 Å². The Bertz CT molecular complexity index is 991. The number of ether oxygens (including phenoxy) is 2. The lowest BCUT2D eigenvalue weighted by Crippen LogP contribution is -2.27. The number of pyridine rings is 1. The Balaban J connectivity index is 1.51. The fourth-order valence-electron chi connectivity index (χ4n) is 2.68. The van der Waals surface area contributed by atoms with E-state index in [4.69, 9.17) is 9.26 Å². The van der Waals surface area contributed by atoms with Crippen molar-refractivity contribution in [1.29, 1.82) is 0 Å². The minimum absolute atomic E-state index is 0.0967. The van der Waals surface area contributed by atoms with Crippen molar-refractivity contribution in [2.45, 2.75) is 24.1 Å². The van der Waals surface area contributed by atoms with Crippen molar-refractivity contribution in [3.8, 4) is 0 Å². The first-order valence-electron chi connectivity index (χ1n) is 9.38. The van der Waals surface area contributed by atoms with Crippen LogP contribution in [-0.4, -0.2) is 58.9 Å². The number of esters is 2. The molecule has 2 aromatic heterocycles. The molecule has 164 valence electrons. The largest absolute Gasteiger partial charge is 0.466 e. The Morgan fingerprint density at radius 2 is 2.26 bits per heavy atom. The molecular weight excluding hydrogens is 442 g/mol. The van der Waals surface area contributed by atoms with E-state index in [1.165, 1.54) is 41.6 Å². The lowest BCUT2D eigenvalue weighted by molar-refractivity contribution is -0.134. The van der Waals surface area contributed by atoms with Crippen LogP contribution in [0, 0.1) is 6.92 Å². The molecule has 0 aliphatic carbocycles. The van der Waals surface area contributed by atoms with Crippen LogP contribution in [0.1, 0.15) is 28.2 Å². The average molecular weight is 464 g/mol. The van der Waals surface area contributed by atoms with Gasteiger partial charge >= 0.3 is 11.9 Å². The van der Waals surface area contributed by atoms with E-state index in [2.05, 4.69) is 14.9 Å². The van der Waals surface area contributed by atoms with Crippen molar-refractivity contribution in [3.05, 3.63) is 52.5 Å². The first-order valence-corrected chi connectivity index (χ1v) is 11.3. The average Bonchev–Trinajstić information content (AvgIpc) is 3.34. The maximum atomic E-state index is 12.5. The van der Waals surface area contributed by atoms with Gasteiger partial charge in [-0.3, -0.25) is 4.79 Å². The molecule has 1 saturated heterocycles. The molecule has 1 aliphatic rings. The minimum Gasteiger partial charge on any atom is -0.466 e. The van der Waals surface area contributed by atoms with Crippen molar-refractivity contribution in [1.82, 2.24) is 15.0 Å². The van der Waals surface area contributed by atoms with Gasteiger partial charge in [0.1, 0.15) is 10.8 Å². The molecular formula is C20H21N3O6S2. The monoisotopic (exact) mass is 463 g/mol. The van der Waals surface area contributed by atoms with Gasteiger partial charge in [-0.15, -0.1) is 0 Å². The van der Waals surface area contributed by atoms with Gasteiger partial charge in [-0.05, 0) is 25.5 Å². The SMILES string of the molecule is COC(=O)/C=C1/SCC(=O)N1CCCOC(=O)c1cccnc1SCc1cc(C)on1. The zero-order valence-electron chi connectivity index (χ0n) is 17.0. The van der Waals surface area contributed by atoms with Crippen molar-refractivity contribution >= 4 is 41.4 Å². The number of hydrogen-bond donors (Lipinski definition) is 0. The Morgan fingerprint density at radius 1 is 1.42 bits per heavy atom. The predicted molar refractivity (Wildman–Crippen MR) is 114 cm³/mol. The highest BCUT2D eigenvalue weighted by atomic mass is 32.2. The highest BCUT2D eigenvalue weighted by Gasteiger charge is 2.27. The van der Waals surface area contributed by atoms with Crippen molar-refractivity contribution in [2.24, 2.45) is 0 Å². The summed E-state index contributed by atoms with van der Waals surface area (Å²) in [5.74, 6) is 0.398. The normalized spacial score (nSPS) is 14.8. The summed E-state index contributed by atoms with van der Waals surface area (Å²) in [7, 11) is 1.28. The number of amides is 1. The molecule has 11 heteroatoms. The Kier molecular flexibility index (Phi) is 8.13. The van der Waals surface area contributed by atoms with Gasteiger partial charge in [0, 0.05) is 24.6 Å². The second-order valence-corrected chi connectivity index (χ2v) is 8.36. The third-order valence-corrected chi connectivity index (χ3v) is 6.20. The summed E-state index contributed by atoms with van der Waals surface area (Å²) in [5, 5.41) is 5.02. The fourth-order valence-corrected chi connectivity index (χ4v) is 4.50. The number of carbonyl (C=O) groups excluding carboxylic acids is 3. The summed E-state index contributed by atoms with van der Waals surface area (Å²) in [6, 6.07) is 5.16. The summed E-state index contributed by atoms with van der Waals surface area (Å²) < 4.78 is 15.0. The second kappa shape index (κ2) is 11.0. The highest BCUT2D eigenvalue weighted by Crippen LogP contribution is 2.29. The van der Waals surface area contributed by atoms with E-state index in [-0.39, 0.29) is 18.3 Å². The fraction of sp³-hybridized carbons (Fsp3) is 0.350. The van der Waals surface area contributed by atoms with E-state index in [0.29, 0.717) is 34.3 Å². The first-order chi connectivity index (χ1) is 15.0. The number of methoxy groups -OCH3 is 1. The Labute approximate surface area is 187 Å². The smallest absolute Gasteiger partial charge is 0.340 e. The number of carbonyl (C=O) groups is 3. The summed E-state index contributed by atoms with van der Waals surface area (Å²) in [6.45, 7) is 2.27. The maximum Gasteiger partial charge on any atom is 0.340 e. The quantitative estimate of drug-likeness (QED) is 0.238. The molecule has 3 heterocycles. The van der Waals surface area contributed by atoms with E-state index in [9.17, 15) is 14.4 Å². The molecule has 1 aliphatic heterocycles. The standard InChI is InChI=1S/C20H21N3O6S2/c1-13-9-14(22-29-13)11-31-19-15(5-3-6-21-19)20(26)28-8-4-7-23-16(24)12-30-17(23)10-18(25)27-2/h3,5-6,9-10H,4,7-8,11-12H2,1-2H3/b17-10+. The second-order valence-electron chi connectivity index (χ2n) is 6.40. The molecule has 0 radical (unpaired) electrons. The van der Waals surface area contributed by atoms with Crippen molar-refractivity contribution in [3.63, 3.8) is 0 Å². The molecule has 0 aromatic carbocycles. The number of hydrogen-bond acceptors (Lipinski definition) is 10. The molecule has 1 fully saturated rings. The van der Waals surface area contributed by atoms with Crippen LogP contribution in [0.5, 0.6) is 0 Å². The van der Waals surface area contributed by atoms with Crippen LogP contribution >= 0.6 is 23.5 Å². The van der Waals surface area contributed by atoms with E-state index in [1.807, 2.05) is 13.0 Å². The molecule has 1 amide bonds. The number of aromatic nitrogens is 2. The summed E-state index contributed by atoms with van der Waals surface area (Å²) in [5.41, 5.74) is 1.13. The number of thioether (sulfide) groups is 2. The van der Waals surface area contributed by atoms with Crippen LogP contribution in [0.25, 0.3) is 0 Å².